The van der Waals surface area contributed by atoms with Crippen LogP contribution in [0.2, 0.25) is 0 Å². The van der Waals surface area contributed by atoms with Gasteiger partial charge in [-0.05, 0) is 42.5 Å². The third-order valence-electron chi connectivity index (χ3n) is 4.63. The van der Waals surface area contributed by atoms with Crippen LogP contribution in [0.3, 0.4) is 0 Å². The molecule has 158 valence electrons. The molecule has 1 heterocycles. The van der Waals surface area contributed by atoms with Crippen LogP contribution >= 0.6 is 0 Å². The van der Waals surface area contributed by atoms with E-state index in [-0.39, 0.29) is 24.3 Å². The number of benzene rings is 2. The number of hydrogen-bond acceptors (Lipinski definition) is 5. The lowest BCUT2D eigenvalue weighted by molar-refractivity contribution is -0.116. The second-order valence-corrected chi connectivity index (χ2v) is 6.87. The van der Waals surface area contributed by atoms with Crippen molar-refractivity contribution in [2.24, 2.45) is 0 Å². The number of carbonyl (C=O) groups excluding carboxylic acids is 3. The van der Waals surface area contributed by atoms with E-state index in [1.807, 2.05) is 6.07 Å². The summed E-state index contributed by atoms with van der Waals surface area (Å²) in [5, 5.41) is 8.61. The zero-order valence-electron chi connectivity index (χ0n) is 16.9. The van der Waals surface area contributed by atoms with Crippen LogP contribution in [0.25, 0.3) is 0 Å². The first-order valence-corrected chi connectivity index (χ1v) is 9.96. The molecule has 1 aliphatic rings. The van der Waals surface area contributed by atoms with Gasteiger partial charge in [0.15, 0.2) is 0 Å². The Morgan fingerprint density at radius 2 is 1.57 bits per heavy atom. The first-order valence-electron chi connectivity index (χ1n) is 9.96. The zero-order chi connectivity index (χ0) is 21.3. The molecule has 1 fully saturated rings. The zero-order valence-corrected chi connectivity index (χ0v) is 16.9. The van der Waals surface area contributed by atoms with Crippen LogP contribution in [-0.2, 0) is 14.3 Å². The molecule has 0 bridgehead atoms. The number of nitrogens with zero attached hydrogens (tertiary/aromatic N) is 1. The van der Waals surface area contributed by atoms with Crippen LogP contribution in [0, 0.1) is 0 Å². The van der Waals surface area contributed by atoms with Crippen LogP contribution in [-0.4, -0.2) is 55.5 Å². The molecule has 8 nitrogen and oxygen atoms in total. The van der Waals surface area contributed by atoms with Gasteiger partial charge in [0.1, 0.15) is 0 Å². The normalized spacial score (nSPS) is 13.4. The second-order valence-electron chi connectivity index (χ2n) is 6.87. The summed E-state index contributed by atoms with van der Waals surface area (Å²) in [5.74, 6) is -0.321. The summed E-state index contributed by atoms with van der Waals surface area (Å²) in [6.07, 6.45) is 0.400. The van der Waals surface area contributed by atoms with Crippen molar-refractivity contribution in [1.82, 2.24) is 4.90 Å². The molecule has 0 spiro atoms. The molecule has 30 heavy (non-hydrogen) atoms. The van der Waals surface area contributed by atoms with Gasteiger partial charge in [-0.15, -0.1) is 0 Å². The molecule has 0 unspecified atom stereocenters. The topological polar surface area (TPSA) is 99.8 Å². The molecule has 0 aromatic heterocycles. The fourth-order valence-electron chi connectivity index (χ4n) is 2.99. The molecule has 0 radical (unpaired) electrons. The summed E-state index contributed by atoms with van der Waals surface area (Å²) >= 11 is 0. The molecule has 1 saturated heterocycles. The van der Waals surface area contributed by atoms with Crippen LogP contribution in [0.15, 0.2) is 48.5 Å². The highest BCUT2D eigenvalue weighted by Gasteiger charge is 2.18. The smallest absolute Gasteiger partial charge is 0.254 e. The predicted molar refractivity (Wildman–Crippen MR) is 116 cm³/mol. The molecule has 0 aliphatic carbocycles. The average Bonchev–Trinajstić information content (AvgIpc) is 2.78. The highest BCUT2D eigenvalue weighted by atomic mass is 16.5. The van der Waals surface area contributed by atoms with Crippen LogP contribution in [0.1, 0.15) is 23.7 Å². The van der Waals surface area contributed by atoms with Gasteiger partial charge >= 0.3 is 0 Å². The van der Waals surface area contributed by atoms with E-state index in [4.69, 9.17) is 4.74 Å². The SMILES string of the molecule is CCC(=O)Nc1cccc(NCC(=O)Nc2ccc(C(=O)N3CCOCC3)cc2)c1. The van der Waals surface area contributed by atoms with Gasteiger partial charge in [-0.3, -0.25) is 14.4 Å². The molecule has 1 aliphatic heterocycles. The van der Waals surface area contributed by atoms with Gasteiger partial charge in [-0.1, -0.05) is 13.0 Å². The van der Waals surface area contributed by atoms with Crippen LogP contribution < -0.4 is 16.0 Å². The first-order chi connectivity index (χ1) is 14.5. The Balaban J connectivity index is 1.49. The Labute approximate surface area is 175 Å². The lowest BCUT2D eigenvalue weighted by atomic mass is 10.1. The van der Waals surface area contributed by atoms with Crippen molar-refractivity contribution in [3.63, 3.8) is 0 Å². The molecule has 0 saturated carbocycles. The van der Waals surface area contributed by atoms with Crippen molar-refractivity contribution in [2.75, 3.05) is 48.8 Å². The van der Waals surface area contributed by atoms with Gasteiger partial charge in [-0.2, -0.15) is 0 Å². The number of rotatable bonds is 7. The molecule has 3 rings (SSSR count). The van der Waals surface area contributed by atoms with Crippen molar-refractivity contribution in [1.29, 1.82) is 0 Å². The average molecular weight is 410 g/mol. The predicted octanol–water partition coefficient (Wildman–Crippen LogP) is 2.56. The summed E-state index contributed by atoms with van der Waals surface area (Å²) < 4.78 is 5.27. The number of ether oxygens (including phenoxy) is 1. The largest absolute Gasteiger partial charge is 0.378 e. The lowest BCUT2D eigenvalue weighted by Crippen LogP contribution is -2.40. The van der Waals surface area contributed by atoms with E-state index < -0.39 is 0 Å². The Kier molecular flexibility index (Phi) is 7.40. The standard InChI is InChI=1S/C22H26N4O4/c1-2-20(27)25-19-5-3-4-18(14-19)23-15-21(28)24-17-8-6-16(7-9-17)22(29)26-10-12-30-13-11-26/h3-9,14,23H,2,10-13,15H2,1H3,(H,24,28)(H,25,27). The highest BCUT2D eigenvalue weighted by molar-refractivity contribution is 5.97. The van der Waals surface area contributed by atoms with Gasteiger partial charge in [0.25, 0.3) is 5.91 Å². The van der Waals surface area contributed by atoms with Crippen molar-refractivity contribution in [3.8, 4) is 0 Å². The van der Waals surface area contributed by atoms with E-state index in [0.717, 1.165) is 5.69 Å². The highest BCUT2D eigenvalue weighted by Crippen LogP contribution is 2.16. The molecule has 2 aromatic carbocycles. The maximum absolute atomic E-state index is 12.5. The van der Waals surface area contributed by atoms with Gasteiger partial charge in [0.2, 0.25) is 11.8 Å². The van der Waals surface area contributed by atoms with Crippen LogP contribution in [0.4, 0.5) is 17.1 Å². The van der Waals surface area contributed by atoms with Crippen LogP contribution in [0.5, 0.6) is 0 Å². The van der Waals surface area contributed by atoms with Gasteiger partial charge in [0.05, 0.1) is 19.8 Å². The number of hydrogen-bond donors (Lipinski definition) is 3. The molecular formula is C22H26N4O4. The van der Waals surface area contributed by atoms with Crippen molar-refractivity contribution in [2.45, 2.75) is 13.3 Å². The Morgan fingerprint density at radius 1 is 0.900 bits per heavy atom. The summed E-state index contributed by atoms with van der Waals surface area (Å²) in [6.45, 7) is 4.15. The van der Waals surface area contributed by atoms with Gasteiger partial charge < -0.3 is 25.6 Å². The molecule has 2 aromatic rings. The molecule has 3 amide bonds. The Hall–Kier alpha value is -3.39. The number of anilines is 3. The maximum atomic E-state index is 12.5. The first kappa shape index (κ1) is 21.3. The van der Waals surface area contributed by atoms with E-state index in [2.05, 4.69) is 16.0 Å². The van der Waals surface area contributed by atoms with Gasteiger partial charge in [0, 0.05) is 42.1 Å². The van der Waals surface area contributed by atoms with E-state index in [0.29, 0.717) is 49.7 Å². The van der Waals surface area contributed by atoms with E-state index >= 15 is 0 Å². The molecule has 0 atom stereocenters. The van der Waals surface area contributed by atoms with E-state index in [9.17, 15) is 14.4 Å². The summed E-state index contributed by atoms with van der Waals surface area (Å²) in [7, 11) is 0. The third kappa shape index (κ3) is 6.05. The fraction of sp³-hybridized carbons (Fsp3) is 0.318. The third-order valence-corrected chi connectivity index (χ3v) is 4.63. The Morgan fingerprint density at radius 3 is 2.27 bits per heavy atom. The number of amides is 3. The van der Waals surface area contributed by atoms with Crippen molar-refractivity contribution in [3.05, 3.63) is 54.1 Å². The monoisotopic (exact) mass is 410 g/mol. The van der Waals surface area contributed by atoms with Crippen molar-refractivity contribution < 1.29 is 19.1 Å². The maximum Gasteiger partial charge on any atom is 0.254 e. The quantitative estimate of drug-likeness (QED) is 0.651. The minimum Gasteiger partial charge on any atom is -0.378 e. The lowest BCUT2D eigenvalue weighted by Gasteiger charge is -2.26. The van der Waals surface area contributed by atoms with E-state index in [1.54, 1.807) is 54.3 Å². The number of nitrogens with one attached hydrogen (secondary N) is 3. The number of carbonyl (C=O) groups is 3. The fourth-order valence-corrected chi connectivity index (χ4v) is 2.99. The summed E-state index contributed by atoms with van der Waals surface area (Å²) in [4.78, 5) is 37.9. The minimum atomic E-state index is -0.217. The van der Waals surface area contributed by atoms with Gasteiger partial charge in [-0.25, -0.2) is 0 Å². The minimum absolute atomic E-state index is 0.0344. The molecular weight excluding hydrogens is 384 g/mol. The molecule has 8 heteroatoms. The molecule has 3 N–H and O–H groups in total. The Bertz CT molecular complexity index is 892. The summed E-state index contributed by atoms with van der Waals surface area (Å²) in [6, 6.07) is 14.0. The number of morpholine rings is 1. The second kappa shape index (κ2) is 10.4. The van der Waals surface area contributed by atoms with E-state index in [1.165, 1.54) is 0 Å². The summed E-state index contributed by atoms with van der Waals surface area (Å²) in [5.41, 5.74) is 2.60. The van der Waals surface area contributed by atoms with Crippen molar-refractivity contribution >= 4 is 34.8 Å².